The molecule has 0 unspecified atom stereocenters. The van der Waals surface area contributed by atoms with Gasteiger partial charge in [-0.3, -0.25) is 0 Å². The third-order valence-corrected chi connectivity index (χ3v) is 7.66. The highest BCUT2D eigenvalue weighted by Gasteiger charge is 2.26. The molecule has 0 radical (unpaired) electrons. The second-order valence-electron chi connectivity index (χ2n) is 7.26. The smallest absolute Gasteiger partial charge is 0.339 e. The van der Waals surface area contributed by atoms with Crippen LogP contribution >= 0.6 is 7.92 Å². The molecule has 0 bridgehead atoms. The molecule has 3 aromatic carbocycles. The molecule has 0 spiro atoms. The van der Waals surface area contributed by atoms with E-state index in [0.717, 1.165) is 11.6 Å². The number of ether oxygens (including phenoxy) is 1. The molecule has 0 aliphatic rings. The van der Waals surface area contributed by atoms with Crippen molar-refractivity contribution in [2.24, 2.45) is 5.92 Å². The Kier molecular flexibility index (Phi) is 7.93. The number of carbonyl (C=O) groups is 2. The average molecular weight is 418 g/mol. The van der Waals surface area contributed by atoms with E-state index in [1.807, 2.05) is 74.5 Å². The molecule has 4 heteroatoms. The molecular formula is C26H27O3P. The Bertz CT molecular complexity index is 917. The molecule has 154 valence electrons. The lowest BCUT2D eigenvalue weighted by molar-refractivity contribution is -0.109. The molecule has 3 aromatic rings. The number of hydrogen-bond donors (Lipinski definition) is 0. The quantitative estimate of drug-likeness (QED) is 0.290. The maximum Gasteiger partial charge on any atom is 0.339 e. The fraction of sp³-hybridized carbons (Fsp3) is 0.231. The van der Waals surface area contributed by atoms with Crippen molar-refractivity contribution in [1.82, 2.24) is 0 Å². The predicted molar refractivity (Wildman–Crippen MR) is 124 cm³/mol. The molecule has 0 aliphatic heterocycles. The third-order valence-electron chi connectivity index (χ3n) is 5.16. The minimum absolute atomic E-state index is 0.00614. The standard InChI is InChI=1S/C26H27O3P/c1-3-24(20(2)18-19-27)29-26(28)23-16-10-11-17-25(23)30(21-12-6-4-7-13-21)22-14-8-5-9-15-22/h4-17,19-20,24H,3,18H2,1-2H3/t20-,24-/m1/s1. The molecule has 0 fully saturated rings. The van der Waals surface area contributed by atoms with Crippen molar-refractivity contribution >= 4 is 36.1 Å². The highest BCUT2D eigenvalue weighted by Crippen LogP contribution is 2.34. The number of rotatable bonds is 9. The summed E-state index contributed by atoms with van der Waals surface area (Å²) in [7, 11) is -0.908. The fourth-order valence-corrected chi connectivity index (χ4v) is 5.97. The first-order valence-electron chi connectivity index (χ1n) is 10.3. The van der Waals surface area contributed by atoms with Gasteiger partial charge in [0.1, 0.15) is 12.4 Å². The SMILES string of the molecule is CC[C@@H](OC(=O)c1ccccc1P(c1ccccc1)c1ccccc1)[C@H](C)CC=O. The van der Waals surface area contributed by atoms with E-state index in [0.29, 0.717) is 18.4 Å². The molecular weight excluding hydrogens is 391 g/mol. The summed E-state index contributed by atoms with van der Waals surface area (Å²) >= 11 is 0. The van der Waals surface area contributed by atoms with E-state index in [-0.39, 0.29) is 18.0 Å². The zero-order valence-corrected chi connectivity index (χ0v) is 18.3. The summed E-state index contributed by atoms with van der Waals surface area (Å²) in [5, 5.41) is 3.34. The Labute approximate surface area is 179 Å². The fourth-order valence-electron chi connectivity index (χ4n) is 3.53. The Morgan fingerprint density at radius 3 is 1.97 bits per heavy atom. The summed E-state index contributed by atoms with van der Waals surface area (Å²) in [6.45, 7) is 3.93. The lowest BCUT2D eigenvalue weighted by Crippen LogP contribution is -2.29. The summed E-state index contributed by atoms with van der Waals surface area (Å²) in [5.41, 5.74) is 0.591. The average Bonchev–Trinajstić information content (AvgIpc) is 2.79. The van der Waals surface area contributed by atoms with Gasteiger partial charge < -0.3 is 9.53 Å². The second kappa shape index (κ2) is 10.8. The van der Waals surface area contributed by atoms with Gasteiger partial charge in [0, 0.05) is 6.42 Å². The van der Waals surface area contributed by atoms with Gasteiger partial charge in [-0.15, -0.1) is 0 Å². The van der Waals surface area contributed by atoms with Gasteiger partial charge in [0.2, 0.25) is 0 Å². The molecule has 0 aliphatic carbocycles. The van der Waals surface area contributed by atoms with Crippen molar-refractivity contribution in [1.29, 1.82) is 0 Å². The van der Waals surface area contributed by atoms with Crippen molar-refractivity contribution in [3.8, 4) is 0 Å². The van der Waals surface area contributed by atoms with E-state index in [4.69, 9.17) is 4.74 Å². The van der Waals surface area contributed by atoms with Gasteiger partial charge >= 0.3 is 5.97 Å². The lowest BCUT2D eigenvalue weighted by atomic mass is 9.99. The normalized spacial score (nSPS) is 12.9. The van der Waals surface area contributed by atoms with E-state index >= 15 is 0 Å². The minimum Gasteiger partial charge on any atom is -0.458 e. The van der Waals surface area contributed by atoms with Gasteiger partial charge in [0.15, 0.2) is 0 Å². The Morgan fingerprint density at radius 2 is 1.43 bits per heavy atom. The van der Waals surface area contributed by atoms with Gasteiger partial charge in [-0.1, -0.05) is 92.7 Å². The molecule has 0 N–H and O–H groups in total. The molecule has 0 saturated carbocycles. The monoisotopic (exact) mass is 418 g/mol. The van der Waals surface area contributed by atoms with Crippen LogP contribution in [0.1, 0.15) is 37.0 Å². The van der Waals surface area contributed by atoms with Gasteiger partial charge in [-0.05, 0) is 42.2 Å². The van der Waals surface area contributed by atoms with Crippen molar-refractivity contribution in [3.63, 3.8) is 0 Å². The van der Waals surface area contributed by atoms with E-state index in [1.165, 1.54) is 10.6 Å². The van der Waals surface area contributed by atoms with Crippen LogP contribution in [-0.4, -0.2) is 18.4 Å². The second-order valence-corrected chi connectivity index (χ2v) is 9.44. The van der Waals surface area contributed by atoms with E-state index < -0.39 is 7.92 Å². The first-order valence-corrected chi connectivity index (χ1v) is 11.6. The molecule has 0 aromatic heterocycles. The van der Waals surface area contributed by atoms with Crippen LogP contribution < -0.4 is 15.9 Å². The molecule has 0 heterocycles. The summed E-state index contributed by atoms with van der Waals surface area (Å²) in [5.74, 6) is -0.331. The first-order chi connectivity index (χ1) is 14.7. The Morgan fingerprint density at radius 1 is 0.900 bits per heavy atom. The molecule has 3 rings (SSSR count). The maximum absolute atomic E-state index is 13.2. The number of aldehydes is 1. The van der Waals surface area contributed by atoms with Crippen molar-refractivity contribution in [2.75, 3.05) is 0 Å². The summed E-state index contributed by atoms with van der Waals surface area (Å²) in [6, 6.07) is 28.3. The predicted octanol–water partition coefficient (Wildman–Crippen LogP) is 4.61. The Hall–Kier alpha value is -2.77. The minimum atomic E-state index is -0.908. The molecule has 0 saturated heterocycles. The van der Waals surface area contributed by atoms with Crippen LogP contribution in [0.4, 0.5) is 0 Å². The number of hydrogen-bond acceptors (Lipinski definition) is 3. The van der Waals surface area contributed by atoms with Crippen LogP contribution in [0.15, 0.2) is 84.9 Å². The lowest BCUT2D eigenvalue weighted by Gasteiger charge is -2.24. The van der Waals surface area contributed by atoms with Crippen LogP contribution in [0.2, 0.25) is 0 Å². The van der Waals surface area contributed by atoms with Crippen LogP contribution in [-0.2, 0) is 9.53 Å². The number of benzene rings is 3. The first kappa shape index (κ1) is 21.9. The van der Waals surface area contributed by atoms with E-state index in [9.17, 15) is 9.59 Å². The highest BCUT2D eigenvalue weighted by atomic mass is 31.1. The van der Waals surface area contributed by atoms with Gasteiger partial charge in [-0.25, -0.2) is 4.79 Å². The van der Waals surface area contributed by atoms with Crippen LogP contribution in [0.5, 0.6) is 0 Å². The Balaban J connectivity index is 2.01. The molecule has 2 atom stereocenters. The van der Waals surface area contributed by atoms with Crippen LogP contribution in [0.3, 0.4) is 0 Å². The maximum atomic E-state index is 13.2. The summed E-state index contributed by atoms with van der Waals surface area (Å²) in [6.07, 6.45) is 1.66. The van der Waals surface area contributed by atoms with Gasteiger partial charge in [0.05, 0.1) is 5.56 Å². The highest BCUT2D eigenvalue weighted by molar-refractivity contribution is 7.80. The largest absolute Gasteiger partial charge is 0.458 e. The van der Waals surface area contributed by atoms with Crippen molar-refractivity contribution in [2.45, 2.75) is 32.8 Å². The van der Waals surface area contributed by atoms with Gasteiger partial charge in [0.25, 0.3) is 0 Å². The van der Waals surface area contributed by atoms with Gasteiger partial charge in [-0.2, -0.15) is 0 Å². The molecule has 0 amide bonds. The van der Waals surface area contributed by atoms with Crippen molar-refractivity contribution in [3.05, 3.63) is 90.5 Å². The van der Waals surface area contributed by atoms with E-state index in [2.05, 4.69) is 24.3 Å². The van der Waals surface area contributed by atoms with Crippen molar-refractivity contribution < 1.29 is 14.3 Å². The topological polar surface area (TPSA) is 43.4 Å². The third kappa shape index (κ3) is 5.23. The van der Waals surface area contributed by atoms with Crippen LogP contribution in [0, 0.1) is 5.92 Å². The summed E-state index contributed by atoms with van der Waals surface area (Å²) < 4.78 is 5.88. The molecule has 3 nitrogen and oxygen atoms in total. The molecule has 30 heavy (non-hydrogen) atoms. The zero-order valence-electron chi connectivity index (χ0n) is 17.4. The number of esters is 1. The van der Waals surface area contributed by atoms with E-state index in [1.54, 1.807) is 0 Å². The number of carbonyl (C=O) groups excluding carboxylic acids is 2. The summed E-state index contributed by atoms with van der Waals surface area (Å²) in [4.78, 5) is 24.1. The zero-order chi connectivity index (χ0) is 21.3. The van der Waals surface area contributed by atoms with Crippen LogP contribution in [0.25, 0.3) is 0 Å².